The Kier molecular flexibility index (Phi) is 6.60. The van der Waals surface area contributed by atoms with E-state index >= 15 is 0 Å². The number of carbonyl (C=O) groups is 1. The van der Waals surface area contributed by atoms with Crippen molar-refractivity contribution < 1.29 is 14.3 Å². The topological polar surface area (TPSA) is 38.8 Å². The van der Waals surface area contributed by atoms with Crippen molar-refractivity contribution in [2.45, 2.75) is 51.7 Å². The predicted octanol–water partition coefficient (Wildman–Crippen LogP) is 3.43. The molecule has 0 aliphatic heterocycles. The van der Waals surface area contributed by atoms with Crippen LogP contribution in [-0.2, 0) is 9.47 Å². The third kappa shape index (κ3) is 6.61. The first-order valence-electron chi connectivity index (χ1n) is 6.93. The molecule has 112 valence electrons. The van der Waals surface area contributed by atoms with Crippen LogP contribution in [-0.4, -0.2) is 48.2 Å². The number of halogens is 1. The number of rotatable bonds is 6. The van der Waals surface area contributed by atoms with Crippen LogP contribution in [0.5, 0.6) is 0 Å². The molecule has 0 N–H and O–H groups in total. The van der Waals surface area contributed by atoms with Gasteiger partial charge in [-0.25, -0.2) is 4.79 Å². The lowest BCUT2D eigenvalue weighted by Crippen LogP contribution is -2.36. The highest BCUT2D eigenvalue weighted by Crippen LogP contribution is 2.31. The van der Waals surface area contributed by atoms with Gasteiger partial charge in [0, 0.05) is 25.5 Å². The summed E-state index contributed by atoms with van der Waals surface area (Å²) >= 11 is 3.48. The first kappa shape index (κ1) is 16.8. The molecule has 1 amide bonds. The highest BCUT2D eigenvalue weighted by molar-refractivity contribution is 9.09. The van der Waals surface area contributed by atoms with E-state index in [0.717, 1.165) is 30.5 Å². The first-order chi connectivity index (χ1) is 8.81. The van der Waals surface area contributed by atoms with E-state index in [1.54, 1.807) is 11.9 Å². The smallest absolute Gasteiger partial charge is 0.410 e. The monoisotopic (exact) mass is 335 g/mol. The predicted molar refractivity (Wildman–Crippen MR) is 79.7 cm³/mol. The number of alkyl halides is 1. The van der Waals surface area contributed by atoms with Gasteiger partial charge >= 0.3 is 6.09 Å². The molecule has 0 atom stereocenters. The number of amides is 1. The van der Waals surface area contributed by atoms with Gasteiger partial charge in [-0.2, -0.15) is 0 Å². The molecule has 0 aromatic carbocycles. The lowest BCUT2D eigenvalue weighted by atomic mass is 9.84. The summed E-state index contributed by atoms with van der Waals surface area (Å²) in [5.74, 6) is 0.787. The van der Waals surface area contributed by atoms with Crippen molar-refractivity contribution in [3.05, 3.63) is 0 Å². The zero-order chi connectivity index (χ0) is 14.5. The van der Waals surface area contributed by atoms with Crippen molar-refractivity contribution in [3.63, 3.8) is 0 Å². The Hall–Kier alpha value is -0.290. The fourth-order valence-corrected chi connectivity index (χ4v) is 2.45. The van der Waals surface area contributed by atoms with Crippen LogP contribution in [0.2, 0.25) is 0 Å². The summed E-state index contributed by atoms with van der Waals surface area (Å²) in [6.07, 6.45) is 3.33. The molecular weight excluding hydrogens is 310 g/mol. The molecule has 1 aliphatic rings. The Morgan fingerprint density at radius 3 is 2.53 bits per heavy atom. The Morgan fingerprint density at radius 2 is 2.00 bits per heavy atom. The minimum Gasteiger partial charge on any atom is -0.444 e. The zero-order valence-electron chi connectivity index (χ0n) is 12.4. The molecule has 0 bridgehead atoms. The minimum atomic E-state index is -0.432. The molecule has 0 unspecified atom stereocenters. The van der Waals surface area contributed by atoms with Gasteiger partial charge in [-0.3, -0.25) is 0 Å². The van der Waals surface area contributed by atoms with Crippen LogP contribution in [0.1, 0.15) is 40.0 Å². The number of ether oxygens (including phenoxy) is 2. The van der Waals surface area contributed by atoms with Crippen molar-refractivity contribution in [3.8, 4) is 0 Å². The largest absolute Gasteiger partial charge is 0.444 e. The third-order valence-electron chi connectivity index (χ3n) is 3.11. The van der Waals surface area contributed by atoms with E-state index in [-0.39, 0.29) is 6.09 Å². The molecular formula is C14H26BrNO3. The van der Waals surface area contributed by atoms with Crippen LogP contribution in [0, 0.1) is 5.92 Å². The van der Waals surface area contributed by atoms with Crippen LogP contribution in [0.3, 0.4) is 0 Å². The Labute approximate surface area is 124 Å². The number of nitrogens with zero attached hydrogens (tertiary/aromatic N) is 1. The van der Waals surface area contributed by atoms with Crippen LogP contribution in [0.4, 0.5) is 4.79 Å². The summed E-state index contributed by atoms with van der Waals surface area (Å²) in [4.78, 5) is 13.3. The van der Waals surface area contributed by atoms with E-state index in [1.807, 2.05) is 20.8 Å². The van der Waals surface area contributed by atoms with Crippen molar-refractivity contribution in [1.29, 1.82) is 0 Å². The Morgan fingerprint density at radius 1 is 1.37 bits per heavy atom. The summed E-state index contributed by atoms with van der Waals surface area (Å²) in [5, 5.41) is 1.08. The zero-order valence-corrected chi connectivity index (χ0v) is 14.0. The average molecular weight is 336 g/mol. The van der Waals surface area contributed by atoms with E-state index in [0.29, 0.717) is 19.3 Å². The summed E-state index contributed by atoms with van der Waals surface area (Å²) in [6, 6.07) is 0. The van der Waals surface area contributed by atoms with Gasteiger partial charge in [0.05, 0.1) is 6.10 Å². The molecule has 0 aromatic heterocycles. The molecule has 0 spiro atoms. The molecule has 0 radical (unpaired) electrons. The van der Waals surface area contributed by atoms with Crippen LogP contribution in [0.25, 0.3) is 0 Å². The van der Waals surface area contributed by atoms with E-state index < -0.39 is 5.60 Å². The van der Waals surface area contributed by atoms with Crippen molar-refractivity contribution in [2.24, 2.45) is 5.92 Å². The Balaban J connectivity index is 2.04. The fourth-order valence-electron chi connectivity index (χ4n) is 1.92. The minimum absolute atomic E-state index is 0.268. The second-order valence-corrected chi connectivity index (χ2v) is 6.89. The quantitative estimate of drug-likeness (QED) is 0.551. The fraction of sp³-hybridized carbons (Fsp3) is 0.929. The summed E-state index contributed by atoms with van der Waals surface area (Å²) in [6.45, 7) is 7.01. The van der Waals surface area contributed by atoms with Gasteiger partial charge in [0.1, 0.15) is 5.60 Å². The van der Waals surface area contributed by atoms with E-state index in [1.165, 1.54) is 0 Å². The molecule has 1 aliphatic carbocycles. The van der Waals surface area contributed by atoms with Crippen molar-refractivity contribution in [1.82, 2.24) is 4.90 Å². The molecule has 4 nitrogen and oxygen atoms in total. The van der Waals surface area contributed by atoms with Crippen LogP contribution in [0.15, 0.2) is 0 Å². The number of hydrogen-bond acceptors (Lipinski definition) is 3. The molecule has 5 heteroatoms. The number of carbonyl (C=O) groups excluding carboxylic acids is 1. The average Bonchev–Trinajstić information content (AvgIpc) is 2.23. The lowest BCUT2D eigenvalue weighted by Gasteiger charge is -2.34. The molecule has 1 saturated carbocycles. The van der Waals surface area contributed by atoms with Crippen LogP contribution >= 0.6 is 15.9 Å². The summed E-state index contributed by atoms with van der Waals surface area (Å²) < 4.78 is 11.0. The Bertz CT molecular complexity index is 285. The maximum Gasteiger partial charge on any atom is 0.410 e. The van der Waals surface area contributed by atoms with Crippen molar-refractivity contribution in [2.75, 3.05) is 25.5 Å². The first-order valence-corrected chi connectivity index (χ1v) is 8.05. The van der Waals surface area contributed by atoms with Gasteiger partial charge in [-0.05, 0) is 46.0 Å². The van der Waals surface area contributed by atoms with E-state index in [9.17, 15) is 4.79 Å². The molecule has 1 fully saturated rings. The maximum atomic E-state index is 11.7. The normalized spacial score (nSPS) is 22.8. The second-order valence-electron chi connectivity index (χ2n) is 6.24. The highest BCUT2D eigenvalue weighted by atomic mass is 79.9. The van der Waals surface area contributed by atoms with Crippen LogP contribution < -0.4 is 0 Å². The van der Waals surface area contributed by atoms with Gasteiger partial charge < -0.3 is 14.4 Å². The standard InChI is InChI=1S/C14H26BrNO3/c1-14(2,3)19-13(17)16(4)6-5-7-18-12-8-11(9-12)10-15/h11-12H,5-10H2,1-4H3. The van der Waals surface area contributed by atoms with Gasteiger partial charge in [0.15, 0.2) is 0 Å². The number of hydrogen-bond donors (Lipinski definition) is 0. The second kappa shape index (κ2) is 7.48. The van der Waals surface area contributed by atoms with E-state index in [4.69, 9.17) is 9.47 Å². The molecule has 0 aromatic rings. The van der Waals surface area contributed by atoms with Gasteiger partial charge in [-0.15, -0.1) is 0 Å². The van der Waals surface area contributed by atoms with Gasteiger partial charge in [-0.1, -0.05) is 15.9 Å². The summed E-state index contributed by atoms with van der Waals surface area (Å²) in [5.41, 5.74) is -0.432. The molecule has 1 rings (SSSR count). The maximum absolute atomic E-state index is 11.7. The molecule has 0 saturated heterocycles. The highest BCUT2D eigenvalue weighted by Gasteiger charge is 2.28. The van der Waals surface area contributed by atoms with Gasteiger partial charge in [0.25, 0.3) is 0 Å². The molecule has 0 heterocycles. The van der Waals surface area contributed by atoms with Gasteiger partial charge in [0.2, 0.25) is 0 Å². The third-order valence-corrected chi connectivity index (χ3v) is 4.02. The van der Waals surface area contributed by atoms with E-state index in [2.05, 4.69) is 15.9 Å². The lowest BCUT2D eigenvalue weighted by molar-refractivity contribution is -0.0269. The molecule has 19 heavy (non-hydrogen) atoms. The van der Waals surface area contributed by atoms with Crippen molar-refractivity contribution >= 4 is 22.0 Å². The summed E-state index contributed by atoms with van der Waals surface area (Å²) in [7, 11) is 1.76. The SMILES string of the molecule is CN(CCCOC1CC(CBr)C1)C(=O)OC(C)(C)C.